The number of benzene rings is 1. The molecule has 0 saturated carbocycles. The van der Waals surface area contributed by atoms with E-state index in [9.17, 15) is 0 Å². The second-order valence-corrected chi connectivity index (χ2v) is 2.34. The first-order chi connectivity index (χ1) is 4.97. The summed E-state index contributed by atoms with van der Waals surface area (Å²) in [5.41, 5.74) is 2.35. The van der Waals surface area contributed by atoms with E-state index in [0.717, 1.165) is 18.7 Å². The third-order valence-corrected chi connectivity index (χ3v) is 1.65. The van der Waals surface area contributed by atoms with Crippen LogP contribution in [0.2, 0.25) is 0 Å². The van der Waals surface area contributed by atoms with Crippen LogP contribution in [0.25, 0.3) is 0 Å². The molecule has 0 amide bonds. The van der Waals surface area contributed by atoms with Crippen molar-refractivity contribution in [3.8, 4) is 0 Å². The largest absolute Gasteiger partial charge is 0.188 e. The molecule has 2 nitrogen and oxygen atoms in total. The molecule has 0 bridgehead atoms. The molecule has 0 spiro atoms. The highest BCUT2D eigenvalue weighted by molar-refractivity contribution is 5.46. The van der Waals surface area contributed by atoms with E-state index < -0.39 is 0 Å². The summed E-state index contributed by atoms with van der Waals surface area (Å²) < 4.78 is 0. The van der Waals surface area contributed by atoms with Crippen molar-refractivity contribution in [2.24, 2.45) is 10.2 Å². The highest BCUT2D eigenvalue weighted by Crippen LogP contribution is 2.22. The maximum Gasteiger partial charge on any atom is 0.0885 e. The van der Waals surface area contributed by atoms with Crippen LogP contribution in [0.1, 0.15) is 5.56 Å². The van der Waals surface area contributed by atoms with Gasteiger partial charge < -0.3 is 0 Å². The van der Waals surface area contributed by atoms with Crippen molar-refractivity contribution < 1.29 is 0 Å². The molecule has 2 rings (SSSR count). The third-order valence-electron chi connectivity index (χ3n) is 1.65. The van der Waals surface area contributed by atoms with Crippen LogP contribution in [0.3, 0.4) is 0 Å². The lowest BCUT2D eigenvalue weighted by Gasteiger charge is -2.05. The van der Waals surface area contributed by atoms with Gasteiger partial charge >= 0.3 is 0 Å². The summed E-state index contributed by atoms with van der Waals surface area (Å²) in [6.07, 6.45) is 1.04. The molecule has 10 heavy (non-hydrogen) atoms. The van der Waals surface area contributed by atoms with Crippen LogP contribution < -0.4 is 0 Å². The number of hydrogen-bond acceptors (Lipinski definition) is 2. The summed E-state index contributed by atoms with van der Waals surface area (Å²) in [5.74, 6) is 0. The van der Waals surface area contributed by atoms with E-state index in [1.807, 2.05) is 18.2 Å². The number of rotatable bonds is 0. The summed E-state index contributed by atoms with van der Waals surface area (Å²) in [6.45, 7) is 0.844. The Balaban J connectivity index is 2.54. The Morgan fingerprint density at radius 2 is 2.10 bits per heavy atom. The first-order valence-electron chi connectivity index (χ1n) is 3.42. The second kappa shape index (κ2) is 2.21. The molecule has 2 heteroatoms. The van der Waals surface area contributed by atoms with Gasteiger partial charge in [-0.3, -0.25) is 0 Å². The monoisotopic (exact) mass is 132 g/mol. The molecule has 1 aliphatic rings. The minimum atomic E-state index is 0.844. The van der Waals surface area contributed by atoms with Crippen LogP contribution in [0.5, 0.6) is 0 Å². The lowest BCUT2D eigenvalue weighted by molar-refractivity contribution is 0.863. The van der Waals surface area contributed by atoms with Crippen LogP contribution in [-0.2, 0) is 6.42 Å². The summed E-state index contributed by atoms with van der Waals surface area (Å²) >= 11 is 0. The molecule has 0 radical (unpaired) electrons. The molecular weight excluding hydrogens is 124 g/mol. The molecule has 0 fully saturated rings. The van der Waals surface area contributed by atoms with Gasteiger partial charge in [0.15, 0.2) is 0 Å². The molecule has 0 aliphatic carbocycles. The zero-order valence-electron chi connectivity index (χ0n) is 5.62. The van der Waals surface area contributed by atoms with Crippen LogP contribution in [0, 0.1) is 0 Å². The van der Waals surface area contributed by atoms with Crippen molar-refractivity contribution in [1.82, 2.24) is 0 Å². The highest BCUT2D eigenvalue weighted by Gasteiger charge is 2.02. The lowest BCUT2D eigenvalue weighted by atomic mass is 10.1. The Kier molecular flexibility index (Phi) is 1.24. The summed E-state index contributed by atoms with van der Waals surface area (Å²) in [5, 5.41) is 7.96. The van der Waals surface area contributed by atoms with Crippen LogP contribution in [-0.4, -0.2) is 6.54 Å². The molecule has 1 aliphatic heterocycles. The predicted molar refractivity (Wildman–Crippen MR) is 39.5 cm³/mol. The van der Waals surface area contributed by atoms with Gasteiger partial charge in [-0.05, 0) is 18.1 Å². The number of fused-ring (bicyclic) bond motifs is 1. The first-order valence-corrected chi connectivity index (χ1v) is 3.42. The van der Waals surface area contributed by atoms with E-state index >= 15 is 0 Å². The fraction of sp³-hybridized carbons (Fsp3) is 0.250. The van der Waals surface area contributed by atoms with E-state index in [-0.39, 0.29) is 0 Å². The summed E-state index contributed by atoms with van der Waals surface area (Å²) in [4.78, 5) is 0. The lowest BCUT2D eigenvalue weighted by Crippen LogP contribution is -1.93. The second-order valence-electron chi connectivity index (χ2n) is 2.34. The van der Waals surface area contributed by atoms with Gasteiger partial charge in [-0.15, -0.1) is 0 Å². The number of hydrogen-bond donors (Lipinski definition) is 0. The van der Waals surface area contributed by atoms with Gasteiger partial charge in [0.1, 0.15) is 0 Å². The molecule has 0 N–H and O–H groups in total. The van der Waals surface area contributed by atoms with Crippen LogP contribution in [0.4, 0.5) is 5.69 Å². The summed E-state index contributed by atoms with van der Waals surface area (Å²) in [7, 11) is 0. The molecule has 0 aromatic heterocycles. The Bertz CT molecular complexity index is 266. The Hall–Kier alpha value is -1.18. The van der Waals surface area contributed by atoms with Gasteiger partial charge in [-0.25, -0.2) is 0 Å². The van der Waals surface area contributed by atoms with Crippen molar-refractivity contribution in [2.45, 2.75) is 6.42 Å². The number of azo groups is 1. The van der Waals surface area contributed by atoms with Crippen molar-refractivity contribution >= 4 is 5.69 Å². The van der Waals surface area contributed by atoms with Gasteiger partial charge in [-0.1, -0.05) is 18.2 Å². The Morgan fingerprint density at radius 3 is 3.00 bits per heavy atom. The van der Waals surface area contributed by atoms with E-state index in [4.69, 9.17) is 0 Å². The fourth-order valence-corrected chi connectivity index (χ4v) is 1.12. The molecule has 0 atom stereocenters. The van der Waals surface area contributed by atoms with E-state index in [0.29, 0.717) is 0 Å². The number of nitrogens with zero attached hydrogens (tertiary/aromatic N) is 2. The average molecular weight is 132 g/mol. The van der Waals surface area contributed by atoms with Crippen molar-refractivity contribution in [1.29, 1.82) is 0 Å². The molecular formula is C8H8N2. The average Bonchev–Trinajstić information content (AvgIpc) is 2.05. The van der Waals surface area contributed by atoms with Gasteiger partial charge in [0, 0.05) is 0 Å². The van der Waals surface area contributed by atoms with Crippen molar-refractivity contribution in [2.75, 3.05) is 6.54 Å². The normalized spacial score (nSPS) is 14.8. The zero-order chi connectivity index (χ0) is 6.81. The van der Waals surface area contributed by atoms with Gasteiger partial charge in [0.25, 0.3) is 0 Å². The standard InChI is InChI=1S/C8H8N2/c1-2-4-8-7(3-1)5-6-9-10-8/h1-4H,5-6H2. The van der Waals surface area contributed by atoms with E-state index in [2.05, 4.69) is 16.3 Å². The minimum absolute atomic E-state index is 0.844. The quantitative estimate of drug-likeness (QED) is 0.517. The molecule has 1 heterocycles. The minimum Gasteiger partial charge on any atom is -0.188 e. The SMILES string of the molecule is c1ccc2c(c1)CCN=N2. The Labute approximate surface area is 59.6 Å². The third kappa shape index (κ3) is 0.817. The van der Waals surface area contributed by atoms with E-state index in [1.165, 1.54) is 5.56 Å². The molecule has 1 aromatic rings. The maximum atomic E-state index is 4.02. The molecule has 1 aromatic carbocycles. The molecule has 50 valence electrons. The Morgan fingerprint density at radius 1 is 1.20 bits per heavy atom. The van der Waals surface area contributed by atoms with Gasteiger partial charge in [0.2, 0.25) is 0 Å². The highest BCUT2D eigenvalue weighted by atomic mass is 15.1. The van der Waals surface area contributed by atoms with Crippen molar-refractivity contribution in [3.05, 3.63) is 29.8 Å². The van der Waals surface area contributed by atoms with E-state index in [1.54, 1.807) is 0 Å². The predicted octanol–water partition coefficient (Wildman–Crippen LogP) is 2.33. The van der Waals surface area contributed by atoms with Crippen LogP contribution >= 0.6 is 0 Å². The van der Waals surface area contributed by atoms with Gasteiger partial charge in [-0.2, -0.15) is 10.2 Å². The molecule has 0 unspecified atom stereocenters. The zero-order valence-corrected chi connectivity index (χ0v) is 5.62. The molecule has 0 saturated heterocycles. The van der Waals surface area contributed by atoms with Gasteiger partial charge in [0.05, 0.1) is 12.2 Å². The fourth-order valence-electron chi connectivity index (χ4n) is 1.12. The van der Waals surface area contributed by atoms with Crippen LogP contribution in [0.15, 0.2) is 34.5 Å². The first kappa shape index (κ1) is 5.59. The van der Waals surface area contributed by atoms with Crippen molar-refractivity contribution in [3.63, 3.8) is 0 Å². The smallest absolute Gasteiger partial charge is 0.0885 e. The maximum absolute atomic E-state index is 4.02. The topological polar surface area (TPSA) is 24.7 Å². The summed E-state index contributed by atoms with van der Waals surface area (Å²) in [6, 6.07) is 8.13.